The number of hydrogen-bond acceptors (Lipinski definition) is 6. The molecule has 0 atom stereocenters. The minimum absolute atomic E-state index is 0.00203. The third kappa shape index (κ3) is 2.85. The van der Waals surface area contributed by atoms with E-state index < -0.39 is 4.92 Å². The smallest absolute Gasteiger partial charge is 0.260 e. The van der Waals surface area contributed by atoms with Crippen molar-refractivity contribution in [1.82, 2.24) is 9.97 Å². The maximum Gasteiger partial charge on any atom is 0.278 e. The molecule has 0 unspecified atom stereocenters. The maximum atomic E-state index is 10.8. The second kappa shape index (κ2) is 5.48. The number of rotatable bonds is 4. The first-order valence-corrected chi connectivity index (χ1v) is 5.06. The van der Waals surface area contributed by atoms with Gasteiger partial charge in [-0.05, 0) is 6.07 Å². The van der Waals surface area contributed by atoms with E-state index in [0.29, 0.717) is 11.4 Å². The Balaban J connectivity index is 2.12. The average molecular weight is 243 g/mol. The molecule has 0 radical (unpaired) electrons. The van der Waals surface area contributed by atoms with Crippen molar-refractivity contribution in [1.29, 1.82) is 0 Å². The number of aromatic nitrogens is 2. The lowest BCUT2D eigenvalue weighted by Gasteiger charge is -1.98. The molecule has 0 aliphatic heterocycles. The van der Waals surface area contributed by atoms with Gasteiger partial charge in [-0.2, -0.15) is 5.10 Å². The van der Waals surface area contributed by atoms with Crippen LogP contribution in [0.3, 0.4) is 0 Å². The topological polar surface area (TPSA) is 93.3 Å². The Morgan fingerprint density at radius 1 is 1.33 bits per heavy atom. The molecule has 0 bridgehead atoms. The normalized spacial score (nSPS) is 10.4. The van der Waals surface area contributed by atoms with Gasteiger partial charge in [0.05, 0.1) is 22.9 Å². The summed E-state index contributed by atoms with van der Waals surface area (Å²) in [6.07, 6.45) is 5.92. The largest absolute Gasteiger partial charge is 0.278 e. The Bertz CT molecular complexity index is 571. The van der Waals surface area contributed by atoms with E-state index >= 15 is 0 Å². The van der Waals surface area contributed by atoms with Crippen molar-refractivity contribution in [3.8, 4) is 0 Å². The van der Waals surface area contributed by atoms with Crippen LogP contribution in [0.25, 0.3) is 0 Å². The summed E-state index contributed by atoms with van der Waals surface area (Å²) in [7, 11) is 0. The minimum Gasteiger partial charge on any atom is -0.260 e. The van der Waals surface area contributed by atoms with Crippen LogP contribution in [0.2, 0.25) is 0 Å². The summed E-state index contributed by atoms with van der Waals surface area (Å²) in [5.41, 5.74) is 3.05. The Morgan fingerprint density at radius 3 is 2.89 bits per heavy atom. The first kappa shape index (κ1) is 11.6. The molecule has 1 heterocycles. The van der Waals surface area contributed by atoms with Crippen molar-refractivity contribution in [3.63, 3.8) is 0 Å². The number of nitrogens with one attached hydrogen (secondary N) is 1. The van der Waals surface area contributed by atoms with Crippen LogP contribution in [-0.2, 0) is 0 Å². The fourth-order valence-electron chi connectivity index (χ4n) is 1.29. The van der Waals surface area contributed by atoms with E-state index in [-0.39, 0.29) is 5.69 Å². The monoisotopic (exact) mass is 243 g/mol. The molecule has 0 aliphatic rings. The van der Waals surface area contributed by atoms with Crippen molar-refractivity contribution in [2.24, 2.45) is 5.10 Å². The Labute approximate surface area is 102 Å². The molecule has 0 aliphatic carbocycles. The van der Waals surface area contributed by atoms with E-state index in [1.165, 1.54) is 30.9 Å². The molecular formula is C11H9N5O2. The summed E-state index contributed by atoms with van der Waals surface area (Å²) in [5.74, 6) is 0.465. The van der Waals surface area contributed by atoms with Gasteiger partial charge >= 0.3 is 0 Å². The number of nitro benzene ring substituents is 1. The Kier molecular flexibility index (Phi) is 3.55. The van der Waals surface area contributed by atoms with Crippen LogP contribution in [0.5, 0.6) is 0 Å². The molecule has 1 aromatic heterocycles. The van der Waals surface area contributed by atoms with Crippen LogP contribution in [0.15, 0.2) is 48.0 Å². The van der Waals surface area contributed by atoms with Gasteiger partial charge in [0.15, 0.2) is 5.82 Å². The highest BCUT2D eigenvalue weighted by Crippen LogP contribution is 2.15. The van der Waals surface area contributed by atoms with E-state index in [9.17, 15) is 10.1 Å². The number of benzene rings is 1. The van der Waals surface area contributed by atoms with Gasteiger partial charge in [0.2, 0.25) is 0 Å². The number of anilines is 1. The molecule has 0 fully saturated rings. The first-order valence-electron chi connectivity index (χ1n) is 5.06. The van der Waals surface area contributed by atoms with Gasteiger partial charge in [0.25, 0.3) is 5.69 Å². The molecule has 18 heavy (non-hydrogen) atoms. The van der Waals surface area contributed by atoms with Crippen LogP contribution in [0.4, 0.5) is 11.5 Å². The van der Waals surface area contributed by atoms with E-state index in [0.717, 1.165) is 0 Å². The fraction of sp³-hybridized carbons (Fsp3) is 0. The molecular weight excluding hydrogens is 234 g/mol. The molecule has 1 aromatic carbocycles. The van der Waals surface area contributed by atoms with Gasteiger partial charge in [-0.3, -0.25) is 20.5 Å². The van der Waals surface area contributed by atoms with Crippen molar-refractivity contribution in [2.75, 3.05) is 5.43 Å². The van der Waals surface area contributed by atoms with Crippen molar-refractivity contribution in [2.45, 2.75) is 0 Å². The molecule has 90 valence electrons. The number of hydrazone groups is 1. The van der Waals surface area contributed by atoms with Crippen LogP contribution in [0.1, 0.15) is 5.56 Å². The predicted octanol–water partition coefficient (Wildman–Crippen LogP) is 1.83. The molecule has 0 saturated carbocycles. The van der Waals surface area contributed by atoms with Gasteiger partial charge in [-0.25, -0.2) is 4.98 Å². The molecule has 7 heteroatoms. The lowest BCUT2D eigenvalue weighted by atomic mass is 10.2. The van der Waals surface area contributed by atoms with Crippen LogP contribution < -0.4 is 5.43 Å². The lowest BCUT2D eigenvalue weighted by Crippen LogP contribution is -1.97. The van der Waals surface area contributed by atoms with Crippen LogP contribution in [0, 0.1) is 10.1 Å². The first-order chi connectivity index (χ1) is 8.77. The molecule has 1 N–H and O–H groups in total. The molecule has 7 nitrogen and oxygen atoms in total. The van der Waals surface area contributed by atoms with Crippen LogP contribution in [-0.4, -0.2) is 21.1 Å². The number of nitrogens with zero attached hydrogens (tertiary/aromatic N) is 4. The zero-order valence-corrected chi connectivity index (χ0v) is 9.22. The number of hydrogen-bond donors (Lipinski definition) is 1. The number of para-hydroxylation sites is 1. The second-order valence-corrected chi connectivity index (χ2v) is 3.28. The van der Waals surface area contributed by atoms with Gasteiger partial charge < -0.3 is 0 Å². The van der Waals surface area contributed by atoms with E-state index in [1.54, 1.807) is 18.2 Å². The van der Waals surface area contributed by atoms with E-state index in [4.69, 9.17) is 0 Å². The standard InChI is InChI=1S/C11H9N5O2/c17-16(18)10-4-2-1-3-9(10)7-14-15-11-8-12-5-6-13-11/h1-8H,(H,13,15)/b14-7+. The Morgan fingerprint density at radius 2 is 2.17 bits per heavy atom. The maximum absolute atomic E-state index is 10.8. The Hall–Kier alpha value is -2.83. The SMILES string of the molecule is O=[N+]([O-])c1ccccc1/C=N/Nc1cnccn1. The quantitative estimate of drug-likeness (QED) is 0.502. The second-order valence-electron chi connectivity index (χ2n) is 3.28. The molecule has 0 amide bonds. The summed E-state index contributed by atoms with van der Waals surface area (Å²) in [4.78, 5) is 18.1. The average Bonchev–Trinajstić information content (AvgIpc) is 2.40. The molecule has 2 rings (SSSR count). The zero-order valence-electron chi connectivity index (χ0n) is 9.22. The summed E-state index contributed by atoms with van der Waals surface area (Å²) >= 11 is 0. The predicted molar refractivity (Wildman–Crippen MR) is 66.3 cm³/mol. The highest BCUT2D eigenvalue weighted by atomic mass is 16.6. The summed E-state index contributed by atoms with van der Waals surface area (Å²) in [6.45, 7) is 0. The van der Waals surface area contributed by atoms with Crippen molar-refractivity contribution < 1.29 is 4.92 Å². The van der Waals surface area contributed by atoms with Crippen LogP contribution >= 0.6 is 0 Å². The van der Waals surface area contributed by atoms with E-state index in [1.807, 2.05) is 0 Å². The summed E-state index contributed by atoms with van der Waals surface area (Å²) in [5, 5.41) is 14.6. The van der Waals surface area contributed by atoms with Crippen molar-refractivity contribution >= 4 is 17.7 Å². The highest BCUT2D eigenvalue weighted by molar-refractivity contribution is 5.85. The molecule has 0 spiro atoms. The lowest BCUT2D eigenvalue weighted by molar-refractivity contribution is -0.385. The number of nitro groups is 1. The third-order valence-corrected chi connectivity index (χ3v) is 2.08. The van der Waals surface area contributed by atoms with Gasteiger partial charge in [0, 0.05) is 18.5 Å². The minimum atomic E-state index is -0.455. The zero-order chi connectivity index (χ0) is 12.8. The third-order valence-electron chi connectivity index (χ3n) is 2.08. The van der Waals surface area contributed by atoms with Gasteiger partial charge in [0.1, 0.15) is 0 Å². The van der Waals surface area contributed by atoms with E-state index in [2.05, 4.69) is 20.5 Å². The highest BCUT2D eigenvalue weighted by Gasteiger charge is 2.09. The van der Waals surface area contributed by atoms with Gasteiger partial charge in [-0.1, -0.05) is 12.1 Å². The van der Waals surface area contributed by atoms with Crippen molar-refractivity contribution in [3.05, 3.63) is 58.5 Å². The van der Waals surface area contributed by atoms with Gasteiger partial charge in [-0.15, -0.1) is 0 Å². The summed E-state index contributed by atoms with van der Waals surface area (Å²) < 4.78 is 0. The fourth-order valence-corrected chi connectivity index (χ4v) is 1.29. The molecule has 2 aromatic rings. The molecule has 0 saturated heterocycles. The summed E-state index contributed by atoms with van der Waals surface area (Å²) in [6, 6.07) is 6.34.